The number of halogens is 1. The molecule has 1 saturated heterocycles. The summed E-state index contributed by atoms with van der Waals surface area (Å²) < 4.78 is 12.8. The minimum Gasteiger partial charge on any atom is -0.379 e. The maximum Gasteiger partial charge on any atom is 0.227 e. The van der Waals surface area contributed by atoms with Crippen LogP contribution in [0.2, 0.25) is 0 Å². The first-order valence-corrected chi connectivity index (χ1v) is 6.74. The summed E-state index contributed by atoms with van der Waals surface area (Å²) in [6.07, 6.45) is 5.07. The quantitative estimate of drug-likeness (QED) is 0.925. The van der Waals surface area contributed by atoms with Crippen molar-refractivity contribution in [2.45, 2.75) is 12.5 Å². The van der Waals surface area contributed by atoms with Gasteiger partial charge in [0.25, 0.3) is 0 Å². The van der Waals surface area contributed by atoms with E-state index in [2.05, 4.69) is 15.3 Å². The zero-order valence-electron chi connectivity index (χ0n) is 11.4. The summed E-state index contributed by atoms with van der Waals surface area (Å²) in [4.78, 5) is 21.6. The molecule has 1 aliphatic rings. The van der Waals surface area contributed by atoms with Gasteiger partial charge in [-0.05, 0) is 29.8 Å². The smallest absolute Gasteiger partial charge is 0.227 e. The lowest BCUT2D eigenvalue weighted by Gasteiger charge is -2.40. The van der Waals surface area contributed by atoms with Crippen LogP contribution in [0.15, 0.2) is 43.0 Å². The average Bonchev–Trinajstić information content (AvgIpc) is 2.45. The van der Waals surface area contributed by atoms with Gasteiger partial charge < -0.3 is 10.2 Å². The second kappa shape index (κ2) is 5.87. The Morgan fingerprint density at radius 1 is 1.24 bits per heavy atom. The van der Waals surface area contributed by atoms with Crippen molar-refractivity contribution in [1.29, 1.82) is 0 Å². The molecule has 0 atom stereocenters. The molecule has 0 unspecified atom stereocenters. The lowest BCUT2D eigenvalue weighted by atomic mass is 10.1. The summed E-state index contributed by atoms with van der Waals surface area (Å²) >= 11 is 0. The van der Waals surface area contributed by atoms with Gasteiger partial charge in [-0.15, -0.1) is 0 Å². The molecule has 1 aromatic heterocycles. The molecule has 0 bridgehead atoms. The number of rotatable bonds is 4. The van der Waals surface area contributed by atoms with E-state index in [-0.39, 0.29) is 17.8 Å². The van der Waals surface area contributed by atoms with E-state index >= 15 is 0 Å². The number of nitrogens with one attached hydrogen (secondary N) is 1. The van der Waals surface area contributed by atoms with E-state index in [0.29, 0.717) is 19.5 Å². The third-order valence-corrected chi connectivity index (χ3v) is 3.42. The number of hydrogen-bond acceptors (Lipinski definition) is 4. The first kappa shape index (κ1) is 13.5. The predicted octanol–water partition coefficient (Wildman–Crippen LogP) is 1.48. The number of amides is 1. The zero-order valence-corrected chi connectivity index (χ0v) is 11.4. The van der Waals surface area contributed by atoms with E-state index in [1.165, 1.54) is 18.5 Å². The van der Waals surface area contributed by atoms with Crippen molar-refractivity contribution < 1.29 is 9.18 Å². The van der Waals surface area contributed by atoms with Crippen molar-refractivity contribution >= 4 is 11.6 Å². The van der Waals surface area contributed by atoms with Gasteiger partial charge in [-0.2, -0.15) is 0 Å². The molecule has 3 rings (SSSR count). The van der Waals surface area contributed by atoms with Crippen LogP contribution in [0.3, 0.4) is 0 Å². The Labute approximate surface area is 121 Å². The van der Waals surface area contributed by atoms with Gasteiger partial charge in [0.1, 0.15) is 12.1 Å². The fourth-order valence-electron chi connectivity index (χ4n) is 2.26. The third kappa shape index (κ3) is 3.34. The Morgan fingerprint density at radius 2 is 1.90 bits per heavy atom. The second-order valence-electron chi connectivity index (χ2n) is 5.07. The van der Waals surface area contributed by atoms with E-state index in [0.717, 1.165) is 11.3 Å². The van der Waals surface area contributed by atoms with Gasteiger partial charge in [0, 0.05) is 31.2 Å². The molecule has 108 valence electrons. The van der Waals surface area contributed by atoms with Gasteiger partial charge in [-0.1, -0.05) is 0 Å². The normalized spacial score (nSPS) is 14.6. The number of likely N-dealkylation sites (tertiary alicyclic amines) is 1. The van der Waals surface area contributed by atoms with Crippen LogP contribution in [-0.4, -0.2) is 39.9 Å². The summed E-state index contributed by atoms with van der Waals surface area (Å²) in [6, 6.07) is 6.44. The number of nitrogens with zero attached hydrogens (tertiary/aromatic N) is 3. The van der Waals surface area contributed by atoms with Gasteiger partial charge >= 0.3 is 0 Å². The van der Waals surface area contributed by atoms with Crippen molar-refractivity contribution in [3.05, 3.63) is 54.4 Å². The van der Waals surface area contributed by atoms with Crippen LogP contribution in [0.4, 0.5) is 10.1 Å². The summed E-state index contributed by atoms with van der Waals surface area (Å²) in [6.45, 7) is 1.31. The van der Waals surface area contributed by atoms with Gasteiger partial charge in [0.2, 0.25) is 5.91 Å². The van der Waals surface area contributed by atoms with Gasteiger partial charge in [-0.25, -0.2) is 14.4 Å². The number of aromatic nitrogens is 2. The van der Waals surface area contributed by atoms with Crippen molar-refractivity contribution in [3.63, 3.8) is 0 Å². The molecule has 1 aliphatic heterocycles. The highest BCUT2D eigenvalue weighted by molar-refractivity contribution is 5.79. The lowest BCUT2D eigenvalue weighted by Crippen LogP contribution is -2.57. The molecular weight excluding hydrogens is 271 g/mol. The molecule has 2 aromatic rings. The van der Waals surface area contributed by atoms with Crippen LogP contribution >= 0.6 is 0 Å². The molecule has 5 nitrogen and oxygen atoms in total. The Hall–Kier alpha value is -2.50. The molecule has 1 aromatic carbocycles. The van der Waals surface area contributed by atoms with Gasteiger partial charge in [0.15, 0.2) is 0 Å². The highest BCUT2D eigenvalue weighted by Gasteiger charge is 2.30. The molecular formula is C15H15FN4O. The van der Waals surface area contributed by atoms with Gasteiger partial charge in [0.05, 0.1) is 12.5 Å². The average molecular weight is 286 g/mol. The Bertz CT molecular complexity index is 611. The SMILES string of the molecule is O=C(Cc1cncnc1)N1CC(Nc2ccc(F)cc2)C1. The maximum atomic E-state index is 12.8. The highest BCUT2D eigenvalue weighted by Crippen LogP contribution is 2.16. The number of hydrogen-bond donors (Lipinski definition) is 1. The molecule has 1 amide bonds. The molecule has 1 N–H and O–H groups in total. The number of anilines is 1. The number of carbonyl (C=O) groups is 1. The van der Waals surface area contributed by atoms with E-state index in [4.69, 9.17) is 0 Å². The monoisotopic (exact) mass is 286 g/mol. The van der Waals surface area contributed by atoms with E-state index in [1.54, 1.807) is 29.4 Å². The standard InChI is InChI=1S/C15H15FN4O/c16-12-1-3-13(4-2-12)19-14-8-20(9-14)15(21)5-11-6-17-10-18-7-11/h1-4,6-7,10,14,19H,5,8-9H2. The van der Waals surface area contributed by atoms with Crippen molar-refractivity contribution in [2.75, 3.05) is 18.4 Å². The topological polar surface area (TPSA) is 58.1 Å². The summed E-state index contributed by atoms with van der Waals surface area (Å²) in [5, 5.41) is 3.27. The van der Waals surface area contributed by atoms with Crippen LogP contribution in [-0.2, 0) is 11.2 Å². The second-order valence-corrected chi connectivity index (χ2v) is 5.07. The van der Waals surface area contributed by atoms with Crippen molar-refractivity contribution in [2.24, 2.45) is 0 Å². The van der Waals surface area contributed by atoms with E-state index in [1.807, 2.05) is 0 Å². The van der Waals surface area contributed by atoms with Gasteiger partial charge in [-0.3, -0.25) is 4.79 Å². The molecule has 0 aliphatic carbocycles. The predicted molar refractivity (Wildman–Crippen MR) is 76.1 cm³/mol. The molecule has 6 heteroatoms. The largest absolute Gasteiger partial charge is 0.379 e. The van der Waals surface area contributed by atoms with E-state index in [9.17, 15) is 9.18 Å². The minimum atomic E-state index is -0.254. The van der Waals surface area contributed by atoms with Crippen LogP contribution in [0.5, 0.6) is 0 Å². The van der Waals surface area contributed by atoms with Crippen molar-refractivity contribution in [3.8, 4) is 0 Å². The Balaban J connectivity index is 1.47. The zero-order chi connectivity index (χ0) is 14.7. The molecule has 0 saturated carbocycles. The molecule has 21 heavy (non-hydrogen) atoms. The Morgan fingerprint density at radius 3 is 2.57 bits per heavy atom. The minimum absolute atomic E-state index is 0.0713. The molecule has 0 spiro atoms. The molecule has 0 radical (unpaired) electrons. The number of carbonyl (C=O) groups excluding carboxylic acids is 1. The summed E-state index contributed by atoms with van der Waals surface area (Å²) in [7, 11) is 0. The van der Waals surface area contributed by atoms with E-state index < -0.39 is 0 Å². The fraction of sp³-hybridized carbons (Fsp3) is 0.267. The maximum absolute atomic E-state index is 12.8. The first-order valence-electron chi connectivity index (χ1n) is 6.74. The van der Waals surface area contributed by atoms with Crippen molar-refractivity contribution in [1.82, 2.24) is 14.9 Å². The third-order valence-electron chi connectivity index (χ3n) is 3.42. The van der Waals surface area contributed by atoms with Crippen LogP contribution in [0.25, 0.3) is 0 Å². The molecule has 2 heterocycles. The lowest BCUT2D eigenvalue weighted by molar-refractivity contribution is -0.134. The van der Waals surface area contributed by atoms with Crippen LogP contribution < -0.4 is 5.32 Å². The fourth-order valence-corrected chi connectivity index (χ4v) is 2.26. The number of benzene rings is 1. The van der Waals surface area contributed by atoms with Crippen LogP contribution in [0, 0.1) is 5.82 Å². The van der Waals surface area contributed by atoms with Crippen LogP contribution in [0.1, 0.15) is 5.56 Å². The summed E-state index contributed by atoms with van der Waals surface area (Å²) in [5.41, 5.74) is 1.68. The first-order chi connectivity index (χ1) is 10.2. The summed E-state index contributed by atoms with van der Waals surface area (Å²) in [5.74, 6) is -0.182. The molecule has 1 fully saturated rings. The highest BCUT2D eigenvalue weighted by atomic mass is 19.1. The Kier molecular flexibility index (Phi) is 3.77.